The quantitative estimate of drug-likeness (QED) is 0.638. The number of primary amides is 1. The third-order valence-corrected chi connectivity index (χ3v) is 5.71. The van der Waals surface area contributed by atoms with Crippen molar-refractivity contribution >= 4 is 23.4 Å². The summed E-state index contributed by atoms with van der Waals surface area (Å²) < 4.78 is 5.16. The predicted molar refractivity (Wildman–Crippen MR) is 117 cm³/mol. The van der Waals surface area contributed by atoms with Crippen molar-refractivity contribution in [2.24, 2.45) is 5.73 Å². The molecule has 0 spiro atoms. The molecule has 0 fully saturated rings. The lowest BCUT2D eigenvalue weighted by Crippen LogP contribution is -2.47. The summed E-state index contributed by atoms with van der Waals surface area (Å²) in [7, 11) is 1.53. The van der Waals surface area contributed by atoms with Gasteiger partial charge >= 0.3 is 0 Å². The number of halogens is 1. The Morgan fingerprint density at radius 1 is 1.03 bits per heavy atom. The Labute approximate surface area is 179 Å². The van der Waals surface area contributed by atoms with E-state index in [1.54, 1.807) is 18.2 Å². The second-order valence-corrected chi connectivity index (χ2v) is 7.65. The van der Waals surface area contributed by atoms with Crippen LogP contribution in [0.4, 0.5) is 0 Å². The lowest BCUT2D eigenvalue weighted by Gasteiger charge is -2.20. The van der Waals surface area contributed by atoms with E-state index in [-0.39, 0.29) is 12.3 Å². The first kappa shape index (κ1) is 20.0. The predicted octanol–water partition coefficient (Wildman–Crippen LogP) is 3.67. The Hall–Kier alpha value is -3.31. The number of rotatable bonds is 6. The summed E-state index contributed by atoms with van der Waals surface area (Å²) >= 11 is 6.19. The number of hydrogen-bond acceptors (Lipinski definition) is 3. The van der Waals surface area contributed by atoms with Gasteiger partial charge in [-0.2, -0.15) is 0 Å². The number of methoxy groups -OCH3 is 1. The van der Waals surface area contributed by atoms with Crippen LogP contribution < -0.4 is 15.8 Å². The first-order valence-electron chi connectivity index (χ1n) is 9.60. The van der Waals surface area contributed by atoms with Gasteiger partial charge in [-0.05, 0) is 39.9 Å². The van der Waals surface area contributed by atoms with Crippen molar-refractivity contribution in [2.75, 3.05) is 7.11 Å². The number of benzene rings is 3. The van der Waals surface area contributed by atoms with Crippen molar-refractivity contribution in [1.29, 1.82) is 0 Å². The van der Waals surface area contributed by atoms with Crippen LogP contribution in [-0.4, -0.2) is 25.0 Å². The van der Waals surface area contributed by atoms with Crippen LogP contribution in [0.3, 0.4) is 0 Å². The smallest absolute Gasteiger partial charge is 0.240 e. The van der Waals surface area contributed by atoms with E-state index < -0.39 is 17.9 Å². The van der Waals surface area contributed by atoms with Gasteiger partial charge in [-0.3, -0.25) is 9.59 Å². The summed E-state index contributed by atoms with van der Waals surface area (Å²) in [5.41, 5.74) is 10.3. The topological polar surface area (TPSA) is 81.4 Å². The first-order valence-corrected chi connectivity index (χ1v) is 9.97. The Bertz CT molecular complexity index is 1080. The number of nitrogens with two attached hydrogens (primary N) is 1. The third-order valence-electron chi connectivity index (χ3n) is 5.41. The molecule has 0 saturated carbocycles. The van der Waals surface area contributed by atoms with E-state index in [9.17, 15) is 9.59 Å². The van der Waals surface area contributed by atoms with Crippen LogP contribution in [0.25, 0.3) is 11.1 Å². The van der Waals surface area contributed by atoms with E-state index in [2.05, 4.69) is 5.32 Å². The molecule has 0 radical (unpaired) electrons. The highest BCUT2D eigenvalue weighted by atomic mass is 35.5. The van der Waals surface area contributed by atoms with Gasteiger partial charge in [0, 0.05) is 6.42 Å². The average Bonchev–Trinajstić information content (AvgIpc) is 3.08. The summed E-state index contributed by atoms with van der Waals surface area (Å²) in [5.74, 6) is -0.802. The highest BCUT2D eigenvalue weighted by Crippen LogP contribution is 2.44. The van der Waals surface area contributed by atoms with Crippen LogP contribution >= 0.6 is 11.6 Å². The minimum Gasteiger partial charge on any atom is -0.495 e. The maximum Gasteiger partial charge on any atom is 0.240 e. The minimum absolute atomic E-state index is 0.237. The Morgan fingerprint density at radius 2 is 1.63 bits per heavy atom. The normalized spacial score (nSPS) is 13.3. The summed E-state index contributed by atoms with van der Waals surface area (Å²) in [6.07, 6.45) is 0.237. The third kappa shape index (κ3) is 3.64. The first-order chi connectivity index (χ1) is 14.5. The Balaban J connectivity index is 1.60. The Kier molecular flexibility index (Phi) is 5.46. The fourth-order valence-corrected chi connectivity index (χ4v) is 4.27. The molecule has 1 aliphatic carbocycles. The molecule has 6 heteroatoms. The van der Waals surface area contributed by atoms with Crippen LogP contribution in [0.5, 0.6) is 5.75 Å². The van der Waals surface area contributed by atoms with Gasteiger partial charge in [0.25, 0.3) is 0 Å². The van der Waals surface area contributed by atoms with Gasteiger partial charge in [-0.25, -0.2) is 0 Å². The number of carbonyl (C=O) groups excluding carboxylic acids is 2. The molecule has 3 aromatic rings. The number of fused-ring (bicyclic) bond motifs is 3. The van der Waals surface area contributed by atoms with Crippen LogP contribution in [0, 0.1) is 0 Å². The van der Waals surface area contributed by atoms with Crippen molar-refractivity contribution in [3.8, 4) is 16.9 Å². The molecule has 1 atom stereocenters. The number of hydrogen-bond donors (Lipinski definition) is 2. The molecule has 2 amide bonds. The largest absolute Gasteiger partial charge is 0.495 e. The summed E-state index contributed by atoms with van der Waals surface area (Å²) in [6, 6.07) is 20.0. The van der Waals surface area contributed by atoms with Gasteiger partial charge in [0.1, 0.15) is 11.8 Å². The lowest BCUT2D eigenvalue weighted by molar-refractivity contribution is -0.127. The number of carbonyl (C=O) groups is 2. The van der Waals surface area contributed by atoms with Crippen molar-refractivity contribution in [3.63, 3.8) is 0 Å². The van der Waals surface area contributed by atoms with Crippen molar-refractivity contribution in [2.45, 2.75) is 18.4 Å². The zero-order valence-corrected chi connectivity index (χ0v) is 17.1. The van der Waals surface area contributed by atoms with Gasteiger partial charge in [0.15, 0.2) is 0 Å². The van der Waals surface area contributed by atoms with E-state index in [0.29, 0.717) is 10.8 Å². The van der Waals surface area contributed by atoms with E-state index in [1.807, 2.05) is 48.5 Å². The number of nitrogens with one attached hydrogen (secondary N) is 1. The zero-order valence-electron chi connectivity index (χ0n) is 16.4. The van der Waals surface area contributed by atoms with E-state index in [4.69, 9.17) is 22.1 Å². The second kappa shape index (κ2) is 8.20. The minimum atomic E-state index is -0.859. The highest BCUT2D eigenvalue weighted by molar-refractivity contribution is 6.32. The van der Waals surface area contributed by atoms with Gasteiger partial charge in [0.05, 0.1) is 18.1 Å². The lowest BCUT2D eigenvalue weighted by atomic mass is 9.95. The standard InChI is InChI=1S/C24H21ClN2O3/c1-30-21-11-10-14(12-19(21)25)13-20(23(26)28)27-24(29)22-17-8-4-2-6-15(17)16-7-3-5-9-18(16)22/h2-12,20,22H,13H2,1H3,(H2,26,28)(H,27,29)/t20-/m1/s1. The maximum atomic E-state index is 13.3. The molecule has 0 unspecified atom stereocenters. The molecular weight excluding hydrogens is 400 g/mol. The van der Waals surface area contributed by atoms with Gasteiger partial charge in [-0.1, -0.05) is 66.2 Å². The molecule has 5 nitrogen and oxygen atoms in total. The van der Waals surface area contributed by atoms with E-state index in [1.165, 1.54) is 7.11 Å². The second-order valence-electron chi connectivity index (χ2n) is 7.24. The molecule has 0 heterocycles. The fourth-order valence-electron chi connectivity index (χ4n) is 3.99. The van der Waals surface area contributed by atoms with Gasteiger partial charge < -0.3 is 15.8 Å². The van der Waals surface area contributed by atoms with E-state index in [0.717, 1.165) is 27.8 Å². The van der Waals surface area contributed by atoms with Crippen molar-refractivity contribution < 1.29 is 14.3 Å². The highest BCUT2D eigenvalue weighted by Gasteiger charge is 2.34. The number of amides is 2. The van der Waals surface area contributed by atoms with Gasteiger partial charge in [-0.15, -0.1) is 0 Å². The molecule has 152 valence electrons. The van der Waals surface area contributed by atoms with Gasteiger partial charge in [0.2, 0.25) is 11.8 Å². The summed E-state index contributed by atoms with van der Waals surface area (Å²) in [5, 5.41) is 3.28. The molecule has 0 bridgehead atoms. The zero-order chi connectivity index (χ0) is 21.3. The molecule has 0 aliphatic heterocycles. The fraction of sp³-hybridized carbons (Fsp3) is 0.167. The SMILES string of the molecule is COc1ccc(C[C@@H](NC(=O)C2c3ccccc3-c3ccccc32)C(N)=O)cc1Cl. The summed E-state index contributed by atoms with van der Waals surface area (Å²) in [6.45, 7) is 0. The molecule has 1 aliphatic rings. The maximum absolute atomic E-state index is 13.3. The van der Waals surface area contributed by atoms with Crippen LogP contribution in [0.15, 0.2) is 66.7 Å². The van der Waals surface area contributed by atoms with Crippen molar-refractivity contribution in [3.05, 3.63) is 88.4 Å². The molecule has 3 aromatic carbocycles. The molecule has 30 heavy (non-hydrogen) atoms. The average molecular weight is 421 g/mol. The summed E-state index contributed by atoms with van der Waals surface area (Å²) in [4.78, 5) is 25.4. The molecule has 3 N–H and O–H groups in total. The van der Waals surface area contributed by atoms with Crippen LogP contribution in [0.2, 0.25) is 5.02 Å². The van der Waals surface area contributed by atoms with Crippen molar-refractivity contribution in [1.82, 2.24) is 5.32 Å². The monoisotopic (exact) mass is 420 g/mol. The Morgan fingerprint density at radius 3 is 2.17 bits per heavy atom. The van der Waals surface area contributed by atoms with E-state index >= 15 is 0 Å². The molecular formula is C24H21ClN2O3. The molecule has 4 rings (SSSR count). The molecule has 0 saturated heterocycles. The van der Waals surface area contributed by atoms with Crippen LogP contribution in [0.1, 0.15) is 22.6 Å². The van der Waals surface area contributed by atoms with Crippen LogP contribution in [-0.2, 0) is 16.0 Å². The molecule has 0 aromatic heterocycles. The number of ether oxygens (including phenoxy) is 1.